The van der Waals surface area contributed by atoms with Crippen LogP contribution in [0.25, 0.3) is 0 Å². The summed E-state index contributed by atoms with van der Waals surface area (Å²) in [6.45, 7) is 3.86. The third-order valence-electron chi connectivity index (χ3n) is 3.72. The van der Waals surface area contributed by atoms with Gasteiger partial charge in [0, 0.05) is 18.1 Å². The SMILES string of the molecule is COc1c(N2CCCC2)cc(Cl)c([C@H](N)CO)c1C. The van der Waals surface area contributed by atoms with Crippen LogP contribution in [0.5, 0.6) is 5.75 Å². The third kappa shape index (κ3) is 2.66. The number of aliphatic hydroxyl groups excluding tert-OH is 1. The Morgan fingerprint density at radius 2 is 2.11 bits per heavy atom. The summed E-state index contributed by atoms with van der Waals surface area (Å²) >= 11 is 6.34. The van der Waals surface area contributed by atoms with E-state index >= 15 is 0 Å². The number of aliphatic hydroxyl groups is 1. The molecule has 0 amide bonds. The summed E-state index contributed by atoms with van der Waals surface area (Å²) in [5.74, 6) is 0.810. The Balaban J connectivity index is 2.51. The Morgan fingerprint density at radius 1 is 1.47 bits per heavy atom. The number of nitrogens with zero attached hydrogens (tertiary/aromatic N) is 1. The maximum atomic E-state index is 9.25. The van der Waals surface area contributed by atoms with Crippen LogP contribution < -0.4 is 15.4 Å². The smallest absolute Gasteiger partial charge is 0.145 e. The van der Waals surface area contributed by atoms with Crippen LogP contribution in [0.15, 0.2) is 6.07 Å². The van der Waals surface area contributed by atoms with Crippen LogP contribution in [0.1, 0.15) is 30.0 Å². The number of rotatable bonds is 4. The van der Waals surface area contributed by atoms with Crippen LogP contribution in [0.4, 0.5) is 5.69 Å². The van der Waals surface area contributed by atoms with E-state index in [1.807, 2.05) is 13.0 Å². The van der Waals surface area contributed by atoms with Gasteiger partial charge in [-0.15, -0.1) is 0 Å². The number of nitrogens with two attached hydrogens (primary N) is 1. The second kappa shape index (κ2) is 5.99. The largest absolute Gasteiger partial charge is 0.494 e. The molecule has 4 nitrogen and oxygen atoms in total. The van der Waals surface area contributed by atoms with Crippen molar-refractivity contribution in [3.63, 3.8) is 0 Å². The van der Waals surface area contributed by atoms with Gasteiger partial charge in [-0.1, -0.05) is 11.6 Å². The van der Waals surface area contributed by atoms with Gasteiger partial charge in [-0.25, -0.2) is 0 Å². The molecule has 1 aliphatic heterocycles. The predicted molar refractivity (Wildman–Crippen MR) is 78.2 cm³/mol. The molecule has 1 aromatic rings. The zero-order valence-corrected chi connectivity index (χ0v) is 12.2. The minimum Gasteiger partial charge on any atom is -0.494 e. The van der Waals surface area contributed by atoms with Gasteiger partial charge >= 0.3 is 0 Å². The topological polar surface area (TPSA) is 58.7 Å². The van der Waals surface area contributed by atoms with Crippen molar-refractivity contribution >= 4 is 17.3 Å². The van der Waals surface area contributed by atoms with Gasteiger partial charge in [0.1, 0.15) is 5.75 Å². The van der Waals surface area contributed by atoms with Crippen LogP contribution in [-0.4, -0.2) is 31.9 Å². The van der Waals surface area contributed by atoms with E-state index in [9.17, 15) is 5.11 Å². The Hall–Kier alpha value is -0.970. The number of ether oxygens (including phenoxy) is 1. The van der Waals surface area contributed by atoms with E-state index in [1.54, 1.807) is 7.11 Å². The molecule has 1 aliphatic rings. The molecule has 1 aromatic carbocycles. The second-order valence-electron chi connectivity index (χ2n) is 4.93. The van der Waals surface area contributed by atoms with Crippen molar-refractivity contribution in [3.05, 3.63) is 22.2 Å². The van der Waals surface area contributed by atoms with Crippen molar-refractivity contribution in [2.45, 2.75) is 25.8 Å². The van der Waals surface area contributed by atoms with Crippen molar-refractivity contribution < 1.29 is 9.84 Å². The fraction of sp³-hybridized carbons (Fsp3) is 0.571. The molecule has 0 aliphatic carbocycles. The molecular formula is C14H21ClN2O2. The first kappa shape index (κ1) is 14.4. The highest BCUT2D eigenvalue weighted by molar-refractivity contribution is 6.32. The van der Waals surface area contributed by atoms with E-state index in [-0.39, 0.29) is 6.61 Å². The molecule has 0 aromatic heterocycles. The minimum absolute atomic E-state index is 0.132. The number of anilines is 1. The van der Waals surface area contributed by atoms with Crippen LogP contribution in [0.2, 0.25) is 5.02 Å². The summed E-state index contributed by atoms with van der Waals surface area (Å²) < 4.78 is 5.54. The van der Waals surface area contributed by atoms with E-state index in [2.05, 4.69) is 4.90 Å². The fourth-order valence-electron chi connectivity index (χ4n) is 2.75. The van der Waals surface area contributed by atoms with E-state index in [0.29, 0.717) is 5.02 Å². The molecular weight excluding hydrogens is 264 g/mol. The van der Waals surface area contributed by atoms with Crippen LogP contribution in [0, 0.1) is 6.92 Å². The highest BCUT2D eigenvalue weighted by Gasteiger charge is 2.23. The number of benzene rings is 1. The zero-order valence-electron chi connectivity index (χ0n) is 11.4. The van der Waals surface area contributed by atoms with Gasteiger partial charge in [-0.3, -0.25) is 0 Å². The minimum atomic E-state index is -0.478. The van der Waals surface area contributed by atoms with E-state index in [4.69, 9.17) is 22.1 Å². The summed E-state index contributed by atoms with van der Waals surface area (Å²) in [4.78, 5) is 2.28. The lowest BCUT2D eigenvalue weighted by Gasteiger charge is -2.25. The van der Waals surface area contributed by atoms with E-state index < -0.39 is 6.04 Å². The van der Waals surface area contributed by atoms with Gasteiger partial charge in [0.2, 0.25) is 0 Å². The molecule has 0 bridgehead atoms. The highest BCUT2D eigenvalue weighted by atomic mass is 35.5. The normalized spacial score (nSPS) is 16.8. The number of hydrogen-bond acceptors (Lipinski definition) is 4. The number of hydrogen-bond donors (Lipinski definition) is 2. The maximum absolute atomic E-state index is 9.25. The van der Waals surface area contributed by atoms with Crippen molar-refractivity contribution in [1.82, 2.24) is 0 Å². The van der Waals surface area contributed by atoms with Crippen LogP contribution in [-0.2, 0) is 0 Å². The molecule has 1 fully saturated rings. The molecule has 5 heteroatoms. The summed E-state index contributed by atoms with van der Waals surface area (Å²) in [5, 5.41) is 9.85. The highest BCUT2D eigenvalue weighted by Crippen LogP contribution is 2.41. The van der Waals surface area contributed by atoms with Crippen molar-refractivity contribution in [1.29, 1.82) is 0 Å². The monoisotopic (exact) mass is 284 g/mol. The number of methoxy groups -OCH3 is 1. The first-order chi connectivity index (χ1) is 9.10. The molecule has 19 heavy (non-hydrogen) atoms. The van der Waals surface area contributed by atoms with Crippen LogP contribution >= 0.6 is 11.6 Å². The Morgan fingerprint density at radius 3 is 2.63 bits per heavy atom. The van der Waals surface area contributed by atoms with Gasteiger partial charge in [0.05, 0.1) is 25.4 Å². The fourth-order valence-corrected chi connectivity index (χ4v) is 3.14. The molecule has 3 N–H and O–H groups in total. The molecule has 0 unspecified atom stereocenters. The van der Waals surface area contributed by atoms with Gasteiger partial charge < -0.3 is 20.5 Å². The Kier molecular flexibility index (Phi) is 4.55. The quantitative estimate of drug-likeness (QED) is 0.890. The molecule has 1 atom stereocenters. The molecule has 1 heterocycles. The van der Waals surface area contributed by atoms with Gasteiger partial charge in [-0.05, 0) is 37.0 Å². The average molecular weight is 285 g/mol. The first-order valence-electron chi connectivity index (χ1n) is 6.58. The van der Waals surface area contributed by atoms with E-state index in [1.165, 1.54) is 12.8 Å². The van der Waals surface area contributed by atoms with Crippen molar-refractivity contribution in [3.8, 4) is 5.75 Å². The first-order valence-corrected chi connectivity index (χ1v) is 6.96. The molecule has 1 saturated heterocycles. The lowest BCUT2D eigenvalue weighted by Crippen LogP contribution is -2.21. The standard InChI is InChI=1S/C14H21ClN2O2/c1-9-13(11(16)8-18)10(15)7-12(14(9)19-2)17-5-3-4-6-17/h7,11,18H,3-6,8,16H2,1-2H3/t11-/m1/s1. The molecule has 0 radical (unpaired) electrons. The molecule has 2 rings (SSSR count). The predicted octanol–water partition coefficient (Wildman–Crippen LogP) is 2.25. The number of halogens is 1. The lowest BCUT2D eigenvalue weighted by molar-refractivity contribution is 0.267. The summed E-state index contributed by atoms with van der Waals surface area (Å²) in [6.07, 6.45) is 2.38. The summed E-state index contributed by atoms with van der Waals surface area (Å²) in [6, 6.07) is 1.43. The van der Waals surface area contributed by atoms with Crippen molar-refractivity contribution in [2.24, 2.45) is 5.73 Å². The maximum Gasteiger partial charge on any atom is 0.145 e. The van der Waals surface area contributed by atoms with Crippen molar-refractivity contribution in [2.75, 3.05) is 31.7 Å². The van der Waals surface area contributed by atoms with Gasteiger partial charge in [-0.2, -0.15) is 0 Å². The average Bonchev–Trinajstić information content (AvgIpc) is 2.91. The lowest BCUT2D eigenvalue weighted by atomic mass is 9.99. The van der Waals surface area contributed by atoms with Gasteiger partial charge in [0.15, 0.2) is 0 Å². The second-order valence-corrected chi connectivity index (χ2v) is 5.34. The van der Waals surface area contributed by atoms with E-state index in [0.717, 1.165) is 35.7 Å². The Bertz CT molecular complexity index is 459. The van der Waals surface area contributed by atoms with Gasteiger partial charge in [0.25, 0.3) is 0 Å². The third-order valence-corrected chi connectivity index (χ3v) is 4.03. The zero-order chi connectivity index (χ0) is 14.0. The summed E-state index contributed by atoms with van der Waals surface area (Å²) in [7, 11) is 1.66. The molecule has 0 spiro atoms. The Labute approximate surface area is 119 Å². The molecule has 106 valence electrons. The summed E-state index contributed by atoms with van der Waals surface area (Å²) in [5.41, 5.74) is 8.63. The van der Waals surface area contributed by atoms with Crippen LogP contribution in [0.3, 0.4) is 0 Å². The molecule has 0 saturated carbocycles.